The maximum absolute atomic E-state index is 12.0. The van der Waals surface area contributed by atoms with Crippen LogP contribution in [0.15, 0.2) is 18.2 Å². The average Bonchev–Trinajstić information content (AvgIpc) is 2.92. The summed E-state index contributed by atoms with van der Waals surface area (Å²) in [6, 6.07) is 5.82. The van der Waals surface area contributed by atoms with Crippen LogP contribution < -0.4 is 15.4 Å². The molecule has 0 bridgehead atoms. The number of rotatable bonds is 5. The van der Waals surface area contributed by atoms with Crippen molar-refractivity contribution in [3.05, 3.63) is 29.3 Å². The molecule has 1 heterocycles. The molecule has 126 valence electrons. The number of benzene rings is 1. The predicted octanol–water partition coefficient (Wildman–Crippen LogP) is 1.93. The van der Waals surface area contributed by atoms with Crippen LogP contribution in [0.25, 0.3) is 0 Å². The molecule has 5 heteroatoms. The average molecular weight is 318 g/mol. The summed E-state index contributed by atoms with van der Waals surface area (Å²) in [5.41, 5.74) is 2.39. The number of nitrogens with one attached hydrogen (secondary N) is 2. The summed E-state index contributed by atoms with van der Waals surface area (Å²) in [5, 5.41) is 5.57. The number of ether oxygens (including phenoxy) is 1. The third kappa shape index (κ3) is 4.47. The molecule has 2 N–H and O–H groups in total. The van der Waals surface area contributed by atoms with Crippen LogP contribution in [0.5, 0.6) is 5.75 Å². The maximum atomic E-state index is 12.0. The van der Waals surface area contributed by atoms with Crippen LogP contribution in [0.1, 0.15) is 44.7 Å². The van der Waals surface area contributed by atoms with E-state index < -0.39 is 0 Å². The molecule has 1 aliphatic heterocycles. The lowest BCUT2D eigenvalue weighted by molar-refractivity contribution is -0.125. The molecule has 1 aromatic carbocycles. The Bertz CT molecular complexity index is 590. The smallest absolute Gasteiger partial charge is 0.242 e. The van der Waals surface area contributed by atoms with Gasteiger partial charge in [0.2, 0.25) is 11.8 Å². The van der Waals surface area contributed by atoms with Crippen molar-refractivity contribution < 1.29 is 14.3 Å². The van der Waals surface area contributed by atoms with Gasteiger partial charge < -0.3 is 15.4 Å². The van der Waals surface area contributed by atoms with Gasteiger partial charge in [-0.2, -0.15) is 0 Å². The monoisotopic (exact) mass is 318 g/mol. The van der Waals surface area contributed by atoms with Crippen molar-refractivity contribution in [2.45, 2.75) is 51.5 Å². The Morgan fingerprint density at radius 2 is 2.13 bits per heavy atom. The van der Waals surface area contributed by atoms with Crippen LogP contribution in [0, 0.1) is 0 Å². The normalized spacial score (nSPS) is 17.7. The highest BCUT2D eigenvalue weighted by Gasteiger charge is 2.26. The van der Waals surface area contributed by atoms with E-state index >= 15 is 0 Å². The van der Waals surface area contributed by atoms with Crippen molar-refractivity contribution in [2.75, 3.05) is 13.7 Å². The molecule has 1 aromatic rings. The van der Waals surface area contributed by atoms with E-state index in [9.17, 15) is 9.59 Å². The molecule has 1 aliphatic rings. The first-order valence-electron chi connectivity index (χ1n) is 8.05. The topological polar surface area (TPSA) is 67.4 Å². The van der Waals surface area contributed by atoms with Gasteiger partial charge in [0.1, 0.15) is 11.8 Å². The summed E-state index contributed by atoms with van der Waals surface area (Å²) in [6.45, 7) is 7.03. The summed E-state index contributed by atoms with van der Waals surface area (Å²) < 4.78 is 5.41. The minimum Gasteiger partial charge on any atom is -0.496 e. The molecule has 0 saturated carbocycles. The predicted molar refractivity (Wildman–Crippen MR) is 89.6 cm³/mol. The molecular weight excluding hydrogens is 292 g/mol. The molecule has 1 saturated heterocycles. The summed E-state index contributed by atoms with van der Waals surface area (Å²) in [4.78, 5) is 23.2. The van der Waals surface area contributed by atoms with Crippen molar-refractivity contribution in [2.24, 2.45) is 0 Å². The van der Waals surface area contributed by atoms with Gasteiger partial charge in [0.25, 0.3) is 0 Å². The standard InChI is InChI=1S/C18H26N2O3/c1-18(2,3)13-5-7-15(23-4)12(11-13)9-10-19-17(22)14-6-8-16(21)20-14/h5,7,11,14H,6,8-10H2,1-4H3,(H,19,22)(H,20,21). The molecular formula is C18H26N2O3. The molecule has 2 rings (SSSR count). The second kappa shape index (κ2) is 7.02. The van der Waals surface area contributed by atoms with Crippen LogP contribution in [0.2, 0.25) is 0 Å². The fourth-order valence-corrected chi connectivity index (χ4v) is 2.69. The van der Waals surface area contributed by atoms with Gasteiger partial charge in [0, 0.05) is 13.0 Å². The molecule has 1 unspecified atom stereocenters. The van der Waals surface area contributed by atoms with Crippen molar-refractivity contribution in [1.82, 2.24) is 10.6 Å². The zero-order valence-electron chi connectivity index (χ0n) is 14.4. The number of amides is 2. The highest BCUT2D eigenvalue weighted by Crippen LogP contribution is 2.28. The SMILES string of the molecule is COc1ccc(C(C)(C)C)cc1CCNC(=O)C1CCC(=O)N1. The summed E-state index contributed by atoms with van der Waals surface area (Å²) in [7, 11) is 1.65. The molecule has 1 atom stereocenters. The fourth-order valence-electron chi connectivity index (χ4n) is 2.69. The quantitative estimate of drug-likeness (QED) is 0.872. The third-order valence-electron chi connectivity index (χ3n) is 4.15. The van der Waals surface area contributed by atoms with Crippen molar-refractivity contribution in [3.8, 4) is 5.75 Å². The Morgan fingerprint density at radius 3 is 2.70 bits per heavy atom. The van der Waals surface area contributed by atoms with E-state index in [0.717, 1.165) is 11.3 Å². The van der Waals surface area contributed by atoms with Crippen molar-refractivity contribution in [1.29, 1.82) is 0 Å². The Morgan fingerprint density at radius 1 is 1.39 bits per heavy atom. The number of hydrogen-bond acceptors (Lipinski definition) is 3. The van der Waals surface area contributed by atoms with E-state index in [4.69, 9.17) is 4.74 Å². The number of carbonyl (C=O) groups is 2. The molecule has 0 spiro atoms. The van der Waals surface area contributed by atoms with Crippen LogP contribution in [0.4, 0.5) is 0 Å². The highest BCUT2D eigenvalue weighted by molar-refractivity contribution is 5.90. The maximum Gasteiger partial charge on any atom is 0.242 e. The van der Waals surface area contributed by atoms with Crippen molar-refractivity contribution in [3.63, 3.8) is 0 Å². The molecule has 5 nitrogen and oxygen atoms in total. The van der Waals surface area contributed by atoms with Gasteiger partial charge in [0.05, 0.1) is 7.11 Å². The lowest BCUT2D eigenvalue weighted by Gasteiger charge is -2.21. The van der Waals surface area contributed by atoms with Gasteiger partial charge in [-0.1, -0.05) is 32.9 Å². The molecule has 1 fully saturated rings. The first-order valence-corrected chi connectivity index (χ1v) is 8.05. The van der Waals surface area contributed by atoms with E-state index in [2.05, 4.69) is 43.5 Å². The fraction of sp³-hybridized carbons (Fsp3) is 0.556. The Hall–Kier alpha value is -2.04. The van der Waals surface area contributed by atoms with Crippen molar-refractivity contribution >= 4 is 11.8 Å². The number of hydrogen-bond donors (Lipinski definition) is 2. The second-order valence-electron chi connectivity index (χ2n) is 6.98. The first-order chi connectivity index (χ1) is 10.8. The summed E-state index contributed by atoms with van der Waals surface area (Å²) in [6.07, 6.45) is 1.70. The summed E-state index contributed by atoms with van der Waals surface area (Å²) in [5.74, 6) is 0.674. The molecule has 0 radical (unpaired) electrons. The van der Waals surface area contributed by atoms with Crippen LogP contribution in [-0.2, 0) is 21.4 Å². The summed E-state index contributed by atoms with van der Waals surface area (Å²) >= 11 is 0. The van der Waals surface area contributed by atoms with Crippen LogP contribution >= 0.6 is 0 Å². The zero-order valence-corrected chi connectivity index (χ0v) is 14.4. The Balaban J connectivity index is 1.96. The Labute approximate surface area is 137 Å². The molecule has 23 heavy (non-hydrogen) atoms. The van der Waals surface area contributed by atoms with Gasteiger partial charge >= 0.3 is 0 Å². The van der Waals surface area contributed by atoms with E-state index in [1.54, 1.807) is 7.11 Å². The van der Waals surface area contributed by atoms with E-state index in [-0.39, 0.29) is 23.3 Å². The molecule has 0 aliphatic carbocycles. The van der Waals surface area contributed by atoms with E-state index in [0.29, 0.717) is 25.8 Å². The Kier molecular flexibility index (Phi) is 5.29. The minimum absolute atomic E-state index is 0.0512. The lowest BCUT2D eigenvalue weighted by atomic mass is 9.85. The van der Waals surface area contributed by atoms with Gasteiger partial charge in [-0.05, 0) is 35.4 Å². The van der Waals surface area contributed by atoms with E-state index in [1.807, 2.05) is 6.07 Å². The van der Waals surface area contributed by atoms with Crippen LogP contribution in [-0.4, -0.2) is 31.5 Å². The van der Waals surface area contributed by atoms with E-state index in [1.165, 1.54) is 5.56 Å². The van der Waals surface area contributed by atoms with Gasteiger partial charge in [-0.15, -0.1) is 0 Å². The molecule has 2 amide bonds. The third-order valence-corrected chi connectivity index (χ3v) is 4.15. The first kappa shape index (κ1) is 17.3. The highest BCUT2D eigenvalue weighted by atomic mass is 16.5. The van der Waals surface area contributed by atoms with Gasteiger partial charge in [-0.25, -0.2) is 0 Å². The number of carbonyl (C=O) groups excluding carboxylic acids is 2. The molecule has 0 aromatic heterocycles. The minimum atomic E-state index is -0.384. The lowest BCUT2D eigenvalue weighted by Crippen LogP contribution is -2.42. The second-order valence-corrected chi connectivity index (χ2v) is 6.98. The largest absolute Gasteiger partial charge is 0.496 e. The zero-order chi connectivity index (χ0) is 17.0. The van der Waals surface area contributed by atoms with Gasteiger partial charge in [0.15, 0.2) is 0 Å². The van der Waals surface area contributed by atoms with Crippen LogP contribution in [0.3, 0.4) is 0 Å². The van der Waals surface area contributed by atoms with Gasteiger partial charge in [-0.3, -0.25) is 9.59 Å². The number of methoxy groups -OCH3 is 1.